The molecule has 4 aliphatic rings. The van der Waals surface area contributed by atoms with Gasteiger partial charge >= 0.3 is 12.3 Å². The number of fused-ring (bicyclic) bond motifs is 3. The summed E-state index contributed by atoms with van der Waals surface area (Å²) >= 11 is 6.36. The van der Waals surface area contributed by atoms with Crippen LogP contribution in [-0.2, 0) is 29.1 Å². The Kier molecular flexibility index (Phi) is 12.2. The fraction of sp³-hybridized carbons (Fsp3) is 0.625. The maximum atomic E-state index is 14.8. The quantitative estimate of drug-likeness (QED) is 0.255. The normalized spacial score (nSPS) is 29.2. The Balaban J connectivity index is 1.37. The number of ether oxygens (including phenoxy) is 3. The van der Waals surface area contributed by atoms with Crippen LogP contribution in [0.3, 0.4) is 0 Å². The van der Waals surface area contributed by atoms with Gasteiger partial charge in [0.2, 0.25) is 33.3 Å². The number of amides is 4. The van der Waals surface area contributed by atoms with Crippen molar-refractivity contribution in [1.82, 2.24) is 25.2 Å². The van der Waals surface area contributed by atoms with E-state index in [1.165, 1.54) is 18.0 Å². The zero-order valence-corrected chi connectivity index (χ0v) is 35.4. The number of allylic oxidation sites excluding steroid dienone is 1. The van der Waals surface area contributed by atoms with Crippen LogP contribution in [0.15, 0.2) is 36.5 Å². The third-order valence-electron chi connectivity index (χ3n) is 11.9. The third kappa shape index (κ3) is 9.22. The molecule has 0 radical (unpaired) electrons. The van der Waals surface area contributed by atoms with E-state index in [4.69, 9.17) is 25.8 Å². The van der Waals surface area contributed by atoms with Crippen molar-refractivity contribution < 1.29 is 55.0 Å². The number of hydrogen-bond acceptors (Lipinski definition) is 10. The van der Waals surface area contributed by atoms with Crippen LogP contribution in [0, 0.1) is 17.8 Å². The lowest BCUT2D eigenvalue weighted by molar-refractivity contribution is -0.244. The number of rotatable bonds is 9. The van der Waals surface area contributed by atoms with Gasteiger partial charge in [-0.15, -0.1) is 0 Å². The molecule has 3 heterocycles. The predicted molar refractivity (Wildman–Crippen MR) is 211 cm³/mol. The fourth-order valence-electron chi connectivity index (χ4n) is 7.73. The van der Waals surface area contributed by atoms with Gasteiger partial charge in [0.15, 0.2) is 0 Å². The maximum absolute atomic E-state index is 14.8. The summed E-state index contributed by atoms with van der Waals surface area (Å²) in [4.78, 5) is 62.0. The largest absolute Gasteiger partial charge is 0.492 e. The Bertz CT molecular complexity index is 2130. The number of carbonyl (C=O) groups excluding carboxylic acids is 4. The van der Waals surface area contributed by atoms with Gasteiger partial charge in [0, 0.05) is 28.1 Å². The third-order valence-corrected chi connectivity index (χ3v) is 14.3. The number of nitrogens with zero attached hydrogens (tertiary/aromatic N) is 2. The number of halogens is 4. The van der Waals surface area contributed by atoms with E-state index in [-0.39, 0.29) is 31.2 Å². The molecule has 19 heteroatoms. The second-order valence-electron chi connectivity index (χ2n) is 17.0. The molecule has 0 unspecified atom stereocenters. The molecule has 59 heavy (non-hydrogen) atoms. The molecule has 2 aliphatic carbocycles. The van der Waals surface area contributed by atoms with E-state index in [0.29, 0.717) is 74.1 Å². The van der Waals surface area contributed by atoms with Gasteiger partial charge < -0.3 is 29.7 Å². The number of pyridine rings is 1. The number of hydrogen-bond donors (Lipinski definition) is 3. The standard InChI is InChI=1S/C40H51ClF3N5O9S/c1-7-56-30-20-45-33(28-17-25(41)12-13-27(28)30)57-26-18-29-32(50)47-39(35(52)48-59(54,55)38(6)14-15-38)19-24(39)11-9-8-10-22(2)16-23(3)31(34(51)49(29)21-26)46-36(53)58-37(4,5)40(42,43)44/h9,11-13,17,20,22-24,26,29,31H,7-8,10,14-16,18-19,21H2,1-6H3,(H,46,53)(H,47,50)(H,48,52)/b11-9-/t22-,23-,24+,26-,29+,31+,39-/m1/s1. The van der Waals surface area contributed by atoms with E-state index in [2.05, 4.69) is 20.3 Å². The lowest BCUT2D eigenvalue weighted by atomic mass is 9.88. The number of aromatic nitrogens is 1. The molecule has 14 nitrogen and oxygen atoms in total. The number of nitrogens with one attached hydrogen (secondary N) is 3. The Hall–Kier alpha value is -4.32. The molecule has 0 spiro atoms. The first kappa shape index (κ1) is 44.2. The van der Waals surface area contributed by atoms with Crippen LogP contribution in [0.2, 0.25) is 5.02 Å². The molecule has 0 bridgehead atoms. The van der Waals surface area contributed by atoms with Crippen molar-refractivity contribution in [2.75, 3.05) is 13.2 Å². The number of alkyl halides is 3. The van der Waals surface area contributed by atoms with Crippen molar-refractivity contribution in [3.8, 4) is 11.6 Å². The number of sulfonamides is 1. The van der Waals surface area contributed by atoms with Crippen LogP contribution < -0.4 is 24.8 Å². The summed E-state index contributed by atoms with van der Waals surface area (Å²) in [5, 5.41) is 6.65. The first-order valence-corrected chi connectivity index (χ1v) is 21.7. The summed E-state index contributed by atoms with van der Waals surface area (Å²) < 4.78 is 85.7. The van der Waals surface area contributed by atoms with Crippen LogP contribution in [0.1, 0.15) is 86.5 Å². The average Bonchev–Trinajstić information content (AvgIpc) is 4.02. The molecule has 7 atom stereocenters. The van der Waals surface area contributed by atoms with Crippen molar-refractivity contribution in [1.29, 1.82) is 0 Å². The Morgan fingerprint density at radius 3 is 2.49 bits per heavy atom. The summed E-state index contributed by atoms with van der Waals surface area (Å²) in [6.07, 6.45) is -0.0353. The summed E-state index contributed by atoms with van der Waals surface area (Å²) in [6.45, 7) is 8.44. The molecule has 1 saturated heterocycles. The van der Waals surface area contributed by atoms with Gasteiger partial charge in [-0.3, -0.25) is 19.1 Å². The van der Waals surface area contributed by atoms with Crippen molar-refractivity contribution in [2.45, 2.75) is 127 Å². The molecule has 3 fully saturated rings. The minimum absolute atomic E-state index is 0.0488. The van der Waals surface area contributed by atoms with Gasteiger partial charge in [-0.1, -0.05) is 37.6 Å². The number of carbonyl (C=O) groups is 4. The Labute approximate surface area is 346 Å². The first-order chi connectivity index (χ1) is 27.5. The summed E-state index contributed by atoms with van der Waals surface area (Å²) in [5.74, 6) is -3.18. The molecule has 2 aliphatic heterocycles. The van der Waals surface area contributed by atoms with Gasteiger partial charge in [-0.2, -0.15) is 13.2 Å². The summed E-state index contributed by atoms with van der Waals surface area (Å²) in [5.41, 5.74) is -4.55. The molecular formula is C40H51ClF3N5O9S. The Morgan fingerprint density at radius 1 is 1.12 bits per heavy atom. The highest BCUT2D eigenvalue weighted by Crippen LogP contribution is 2.48. The number of alkyl carbamates (subject to hydrolysis) is 1. The van der Waals surface area contributed by atoms with E-state index in [1.807, 2.05) is 19.9 Å². The molecule has 1 aromatic carbocycles. The SMILES string of the molecule is CCOc1cnc(O[C@@H]2C[C@H]3C(=O)N[C@]4(C(=O)NS(=O)(=O)C5(C)CC5)C[C@@H]4/C=C\CC[C@@H](C)C[C@@H](C)[C@H](NC(=O)OC(C)(C)C(F)(F)F)C(=O)N3C2)c2cc(Cl)ccc12. The lowest BCUT2D eigenvalue weighted by Gasteiger charge is -2.34. The lowest BCUT2D eigenvalue weighted by Crippen LogP contribution is -2.59. The van der Waals surface area contributed by atoms with E-state index in [0.717, 1.165) is 0 Å². The average molecular weight is 870 g/mol. The zero-order valence-electron chi connectivity index (χ0n) is 33.8. The molecule has 324 valence electrons. The van der Waals surface area contributed by atoms with Gasteiger partial charge in [0.1, 0.15) is 29.5 Å². The summed E-state index contributed by atoms with van der Waals surface area (Å²) in [6, 6.07) is 2.23. The van der Waals surface area contributed by atoms with Crippen LogP contribution in [0.25, 0.3) is 10.8 Å². The minimum Gasteiger partial charge on any atom is -0.492 e. The highest BCUT2D eigenvalue weighted by atomic mass is 35.5. The van der Waals surface area contributed by atoms with Crippen molar-refractivity contribution in [2.24, 2.45) is 17.8 Å². The molecule has 1 aromatic heterocycles. The van der Waals surface area contributed by atoms with Gasteiger partial charge in [0.05, 0.1) is 24.1 Å². The van der Waals surface area contributed by atoms with Gasteiger partial charge in [-0.05, 0) is 96.3 Å². The number of benzene rings is 1. The van der Waals surface area contributed by atoms with Crippen LogP contribution >= 0.6 is 11.6 Å². The zero-order chi connectivity index (χ0) is 43.3. The van der Waals surface area contributed by atoms with E-state index in [1.54, 1.807) is 31.2 Å². The second-order valence-corrected chi connectivity index (χ2v) is 19.7. The second kappa shape index (κ2) is 16.3. The molecular weight excluding hydrogens is 819 g/mol. The highest BCUT2D eigenvalue weighted by Gasteiger charge is 2.63. The monoisotopic (exact) mass is 869 g/mol. The van der Waals surface area contributed by atoms with E-state index in [9.17, 15) is 40.8 Å². The van der Waals surface area contributed by atoms with Gasteiger partial charge in [-0.25, -0.2) is 18.2 Å². The van der Waals surface area contributed by atoms with Crippen molar-refractivity contribution in [3.05, 3.63) is 41.6 Å². The highest BCUT2D eigenvalue weighted by molar-refractivity contribution is 7.91. The topological polar surface area (TPSA) is 182 Å². The first-order valence-electron chi connectivity index (χ1n) is 19.8. The van der Waals surface area contributed by atoms with Crippen molar-refractivity contribution >= 4 is 56.2 Å². The van der Waals surface area contributed by atoms with Crippen molar-refractivity contribution in [3.63, 3.8) is 0 Å². The smallest absolute Gasteiger partial charge is 0.427 e. The maximum Gasteiger partial charge on any atom is 0.427 e. The Morgan fingerprint density at radius 2 is 1.83 bits per heavy atom. The molecule has 6 rings (SSSR count). The van der Waals surface area contributed by atoms with Gasteiger partial charge in [0.25, 0.3) is 5.91 Å². The molecule has 2 saturated carbocycles. The fourth-order valence-corrected chi connectivity index (χ4v) is 9.21. The minimum atomic E-state index is -4.92. The van der Waals surface area contributed by atoms with Crippen LogP contribution in [0.4, 0.5) is 18.0 Å². The van der Waals surface area contributed by atoms with E-state index >= 15 is 0 Å². The van der Waals surface area contributed by atoms with E-state index < -0.39 is 85.9 Å². The van der Waals surface area contributed by atoms with Crippen LogP contribution in [-0.4, -0.2) is 95.5 Å². The molecule has 3 N–H and O–H groups in total. The summed E-state index contributed by atoms with van der Waals surface area (Å²) in [7, 11) is -4.09. The molecule has 4 amide bonds. The van der Waals surface area contributed by atoms with Crippen LogP contribution in [0.5, 0.6) is 11.6 Å². The predicted octanol–water partition coefficient (Wildman–Crippen LogP) is 5.96. The molecule has 2 aromatic rings.